The van der Waals surface area contributed by atoms with Gasteiger partial charge in [0.05, 0.1) is 5.69 Å². The van der Waals surface area contributed by atoms with Crippen molar-refractivity contribution in [2.75, 3.05) is 0 Å². The van der Waals surface area contributed by atoms with Crippen LogP contribution in [0.5, 0.6) is 0 Å². The van der Waals surface area contributed by atoms with E-state index in [1.54, 1.807) is 18.2 Å². The highest BCUT2D eigenvalue weighted by Gasteiger charge is 2.17. The van der Waals surface area contributed by atoms with Crippen LogP contribution in [0.3, 0.4) is 0 Å². The summed E-state index contributed by atoms with van der Waals surface area (Å²) in [6, 6.07) is 14.8. The monoisotopic (exact) mass is 500 g/mol. The number of nitrogens with zero attached hydrogens (tertiary/aromatic N) is 2. The van der Waals surface area contributed by atoms with E-state index in [0.717, 1.165) is 19.0 Å². The van der Waals surface area contributed by atoms with Gasteiger partial charge in [0.1, 0.15) is 5.52 Å². The number of para-hydroxylation sites is 1. The molecule has 0 saturated heterocycles. The third-order valence-corrected chi connectivity index (χ3v) is 6.97. The van der Waals surface area contributed by atoms with Crippen molar-refractivity contribution in [3.63, 3.8) is 0 Å². The zero-order chi connectivity index (χ0) is 37.3. The second-order valence-electron chi connectivity index (χ2n) is 9.43. The molecule has 6 rings (SSSR count). The molecule has 0 amide bonds. The first-order valence-electron chi connectivity index (χ1n) is 19.3. The van der Waals surface area contributed by atoms with Crippen molar-refractivity contribution in [1.82, 2.24) is 9.97 Å². The summed E-state index contributed by atoms with van der Waals surface area (Å²) in [4.78, 5) is 8.53. The van der Waals surface area contributed by atoms with Gasteiger partial charge in [-0.3, -0.25) is 4.98 Å². The maximum absolute atomic E-state index is 8.83. The smallest absolute Gasteiger partial charge is 0.192 e. The first-order valence-corrected chi connectivity index (χ1v) is 12.3. The SMILES string of the molecule is [2H]C([2H])([2H])c1nc2c(-c3cc(-c4ccc(-c5ccc(C([2H])([2H])C6CCCC6)cc5C([2H])([2H])[2H])cc4C([2H])([2H])[2H])c(C([2H])([2H])[2H])cn3)cccc2o1. The average Bonchev–Trinajstić information content (AvgIpc) is 3.74. The molecule has 1 saturated carbocycles. The fraction of sp³-hybridized carbons (Fsp3) is 0.294. The molecule has 0 aliphatic heterocycles. The minimum absolute atomic E-state index is 0.0328. The Morgan fingerprint density at radius 3 is 2.51 bits per heavy atom. The quantitative estimate of drug-likeness (QED) is 0.241. The van der Waals surface area contributed by atoms with E-state index >= 15 is 0 Å². The number of aromatic nitrogens is 2. The lowest BCUT2D eigenvalue weighted by molar-refractivity contribution is 0.546. The molecule has 1 fully saturated rings. The minimum atomic E-state index is -2.79. The molecule has 1 aliphatic carbocycles. The summed E-state index contributed by atoms with van der Waals surface area (Å²) in [7, 11) is 0. The van der Waals surface area contributed by atoms with Crippen molar-refractivity contribution in [1.29, 1.82) is 0 Å². The van der Waals surface area contributed by atoms with Crippen LogP contribution in [-0.2, 0) is 6.37 Å². The highest BCUT2D eigenvalue weighted by molar-refractivity contribution is 5.91. The van der Waals surface area contributed by atoms with Crippen LogP contribution in [0.1, 0.15) is 73.0 Å². The van der Waals surface area contributed by atoms with Crippen LogP contribution in [0.15, 0.2) is 71.3 Å². The Morgan fingerprint density at radius 1 is 0.838 bits per heavy atom. The van der Waals surface area contributed by atoms with E-state index in [9.17, 15) is 0 Å². The third kappa shape index (κ3) is 4.59. The number of fused-ring (bicyclic) bond motifs is 1. The minimum Gasteiger partial charge on any atom is -0.441 e. The van der Waals surface area contributed by atoms with Gasteiger partial charge < -0.3 is 4.42 Å². The molecule has 0 spiro atoms. The van der Waals surface area contributed by atoms with Crippen molar-refractivity contribution in [2.45, 2.75) is 59.5 Å². The second kappa shape index (κ2) is 9.63. The lowest BCUT2D eigenvalue weighted by Gasteiger charge is -2.15. The van der Waals surface area contributed by atoms with Crippen LogP contribution < -0.4 is 0 Å². The first-order chi connectivity index (χ1) is 23.6. The topological polar surface area (TPSA) is 38.9 Å². The number of oxazole rings is 1. The highest BCUT2D eigenvalue weighted by atomic mass is 16.3. The lowest BCUT2D eigenvalue weighted by atomic mass is 9.90. The number of pyridine rings is 1. The molecule has 5 aromatic rings. The van der Waals surface area contributed by atoms with Crippen LogP contribution in [0.25, 0.3) is 44.6 Å². The molecule has 2 heterocycles. The van der Waals surface area contributed by atoms with E-state index in [2.05, 4.69) is 9.97 Å². The summed E-state index contributed by atoms with van der Waals surface area (Å²) in [5.74, 6) is -0.726. The van der Waals surface area contributed by atoms with E-state index in [1.807, 2.05) is 0 Å². The van der Waals surface area contributed by atoms with Crippen LogP contribution in [0.4, 0.5) is 0 Å². The largest absolute Gasteiger partial charge is 0.441 e. The van der Waals surface area contributed by atoms with Crippen molar-refractivity contribution in [3.05, 3.63) is 95.0 Å². The zero-order valence-corrected chi connectivity index (χ0v) is 20.1. The van der Waals surface area contributed by atoms with Gasteiger partial charge in [-0.05, 0) is 89.5 Å². The Balaban J connectivity index is 1.53. The van der Waals surface area contributed by atoms with Crippen molar-refractivity contribution < 1.29 is 23.6 Å². The molecule has 186 valence electrons. The number of benzene rings is 3. The summed E-state index contributed by atoms with van der Waals surface area (Å²) in [5, 5.41) is 0. The predicted octanol–water partition coefficient (Wildman–Crippen LogP) is 9.19. The van der Waals surface area contributed by atoms with Crippen LogP contribution in [0, 0.1) is 33.3 Å². The third-order valence-electron chi connectivity index (χ3n) is 6.97. The molecular weight excluding hydrogens is 452 g/mol. The Kier molecular flexibility index (Phi) is 3.30. The Bertz CT molecular complexity index is 2100. The molecule has 0 radical (unpaired) electrons. The van der Waals surface area contributed by atoms with E-state index in [0.29, 0.717) is 18.4 Å². The Morgan fingerprint density at radius 2 is 1.68 bits per heavy atom. The van der Waals surface area contributed by atoms with Gasteiger partial charge in [-0.25, -0.2) is 4.98 Å². The molecule has 37 heavy (non-hydrogen) atoms. The molecule has 0 N–H and O–H groups in total. The van der Waals surface area contributed by atoms with Crippen LogP contribution >= 0.6 is 0 Å². The number of rotatable bonds is 5. The first kappa shape index (κ1) is 12.7. The number of hydrogen-bond donors (Lipinski definition) is 0. The lowest BCUT2D eigenvalue weighted by Crippen LogP contribution is -1.99. The summed E-state index contributed by atoms with van der Waals surface area (Å²) in [6.07, 6.45) is 2.59. The van der Waals surface area contributed by atoms with Crippen LogP contribution in [0.2, 0.25) is 0 Å². The highest BCUT2D eigenvalue weighted by Crippen LogP contribution is 2.36. The summed E-state index contributed by atoms with van der Waals surface area (Å²) in [6.45, 7) is -10.8. The molecule has 2 aromatic heterocycles. The van der Waals surface area contributed by atoms with Gasteiger partial charge in [-0.2, -0.15) is 0 Å². The van der Waals surface area contributed by atoms with Gasteiger partial charge in [0.25, 0.3) is 0 Å². The summed E-state index contributed by atoms with van der Waals surface area (Å²) >= 11 is 0. The second-order valence-corrected chi connectivity index (χ2v) is 9.43. The van der Waals surface area contributed by atoms with Crippen molar-refractivity contribution >= 4 is 11.1 Å². The summed E-state index contributed by atoms with van der Waals surface area (Å²) in [5.41, 5.74) is 1.03. The fourth-order valence-corrected chi connectivity index (χ4v) is 5.12. The maximum Gasteiger partial charge on any atom is 0.192 e. The predicted molar refractivity (Wildman–Crippen MR) is 153 cm³/mol. The molecule has 0 unspecified atom stereocenters. The normalized spacial score (nSPS) is 21.4. The van der Waals surface area contributed by atoms with Crippen molar-refractivity contribution in [3.8, 4) is 33.5 Å². The maximum atomic E-state index is 8.83. The molecule has 3 aromatic carbocycles. The molecule has 0 atom stereocenters. The Labute approximate surface area is 239 Å². The summed E-state index contributed by atoms with van der Waals surface area (Å²) < 4.78 is 121. The van der Waals surface area contributed by atoms with Gasteiger partial charge in [0.2, 0.25) is 0 Å². The molecular formula is C34H34N2O. The van der Waals surface area contributed by atoms with E-state index < -0.39 is 39.7 Å². The zero-order valence-electron chi connectivity index (χ0n) is 34.1. The van der Waals surface area contributed by atoms with Gasteiger partial charge in [0, 0.05) is 37.8 Å². The van der Waals surface area contributed by atoms with Crippen LogP contribution in [-0.4, -0.2) is 9.97 Å². The number of hydrogen-bond acceptors (Lipinski definition) is 3. The van der Waals surface area contributed by atoms with Crippen molar-refractivity contribution in [2.24, 2.45) is 5.92 Å². The van der Waals surface area contributed by atoms with E-state index in [1.165, 1.54) is 42.5 Å². The van der Waals surface area contributed by atoms with Gasteiger partial charge in [-0.1, -0.05) is 74.2 Å². The average molecular weight is 501 g/mol. The molecule has 0 bridgehead atoms. The Hall–Kier alpha value is -3.72. The standard InChI is InChI=1S/C34H34N2O/c1-21-16-26(18-25-8-5-6-9-25)12-14-28(21)27-13-15-29(22(2)17-27)31-19-32(35-20-23(31)3)30-10-7-11-33-34(30)36-24(4)37-33/h7,10-17,19-20,25H,5-6,8-9,18H2,1-4H3/i1D3,2D3,3D3,4D3,18D2. The van der Waals surface area contributed by atoms with E-state index in [4.69, 9.17) is 23.6 Å². The fourth-order valence-electron chi connectivity index (χ4n) is 5.12. The molecule has 1 aliphatic rings. The van der Waals surface area contributed by atoms with Gasteiger partial charge in [-0.15, -0.1) is 0 Å². The number of aryl methyl sites for hydroxylation is 4. The van der Waals surface area contributed by atoms with E-state index in [-0.39, 0.29) is 67.2 Å². The van der Waals surface area contributed by atoms with Gasteiger partial charge >= 0.3 is 0 Å². The molecule has 3 heteroatoms. The molecule has 3 nitrogen and oxygen atoms in total. The van der Waals surface area contributed by atoms with Gasteiger partial charge in [0.15, 0.2) is 11.5 Å².